The number of aromatic carboxylic acids is 1. The molecule has 0 spiro atoms. The Morgan fingerprint density at radius 3 is 2.66 bits per heavy atom. The van der Waals surface area contributed by atoms with E-state index in [4.69, 9.17) is 5.11 Å². The minimum atomic E-state index is -0.947. The molecule has 2 aliphatic rings. The largest absolute Gasteiger partial charge is 0.478 e. The number of para-hydroxylation sites is 1. The number of carboxylic acid groups (broad SMARTS) is 1. The first-order valence-electron chi connectivity index (χ1n) is 13.2. The number of carbonyl (C=O) groups is 1. The maximum absolute atomic E-state index is 10.5. The molecule has 0 fully saturated rings. The number of aryl methyl sites for hydroxylation is 2. The van der Waals surface area contributed by atoms with Gasteiger partial charge in [-0.1, -0.05) is 42.5 Å². The third-order valence-electron chi connectivity index (χ3n) is 7.36. The Labute approximate surface area is 224 Å². The predicted molar refractivity (Wildman–Crippen MR) is 155 cm³/mol. The van der Waals surface area contributed by atoms with Gasteiger partial charge in [0.15, 0.2) is 0 Å². The lowest BCUT2D eigenvalue weighted by Gasteiger charge is -2.32. The van der Waals surface area contributed by atoms with Gasteiger partial charge < -0.3 is 20.6 Å². The van der Waals surface area contributed by atoms with Crippen molar-refractivity contribution < 1.29 is 9.90 Å². The van der Waals surface area contributed by atoms with E-state index in [2.05, 4.69) is 88.1 Å². The van der Waals surface area contributed by atoms with Crippen molar-refractivity contribution in [2.45, 2.75) is 32.7 Å². The lowest BCUT2D eigenvalue weighted by atomic mass is 9.93. The van der Waals surface area contributed by atoms with Gasteiger partial charge in [0.05, 0.1) is 17.4 Å². The van der Waals surface area contributed by atoms with Gasteiger partial charge in [-0.15, -0.1) is 0 Å². The number of rotatable bonds is 4. The molecule has 3 N–H and O–H groups in total. The molecule has 0 amide bonds. The van der Waals surface area contributed by atoms with Crippen molar-refractivity contribution in [2.24, 2.45) is 0 Å². The van der Waals surface area contributed by atoms with Gasteiger partial charge >= 0.3 is 5.97 Å². The van der Waals surface area contributed by atoms with E-state index in [0.717, 1.165) is 26.1 Å². The van der Waals surface area contributed by atoms with Gasteiger partial charge in [0.2, 0.25) is 0 Å². The van der Waals surface area contributed by atoms with Gasteiger partial charge in [-0.2, -0.15) is 0 Å². The zero-order valence-electron chi connectivity index (χ0n) is 22.0. The number of aromatic nitrogens is 1. The van der Waals surface area contributed by atoms with Crippen molar-refractivity contribution in [2.75, 3.05) is 30.4 Å². The van der Waals surface area contributed by atoms with E-state index in [1.165, 1.54) is 76.1 Å². The number of hydrogen-bond donors (Lipinski definition) is 3. The molecule has 3 heterocycles. The molecular formula is C32H34N4O2. The SMILES string of the molecule is CNc1cnccc1C(=O)O.Cc1cc(N2CCCc3ccccc32)ccc1-c1ccc2c(c1)CCNC2. The zero-order chi connectivity index (χ0) is 26.5. The molecule has 0 bridgehead atoms. The van der Waals surface area contributed by atoms with Gasteiger partial charge in [-0.25, -0.2) is 4.79 Å². The summed E-state index contributed by atoms with van der Waals surface area (Å²) < 4.78 is 0. The first kappa shape index (κ1) is 25.5. The summed E-state index contributed by atoms with van der Waals surface area (Å²) in [6.45, 7) is 5.43. The van der Waals surface area contributed by atoms with Gasteiger partial charge in [-0.3, -0.25) is 4.98 Å². The summed E-state index contributed by atoms with van der Waals surface area (Å²) in [4.78, 5) is 16.8. The molecule has 0 saturated heterocycles. The van der Waals surface area contributed by atoms with Crippen LogP contribution in [0.4, 0.5) is 17.1 Å². The van der Waals surface area contributed by atoms with Gasteiger partial charge in [0, 0.05) is 37.7 Å². The zero-order valence-corrected chi connectivity index (χ0v) is 22.0. The number of hydrogen-bond acceptors (Lipinski definition) is 5. The topological polar surface area (TPSA) is 77.5 Å². The minimum absolute atomic E-state index is 0.238. The van der Waals surface area contributed by atoms with Crippen LogP contribution < -0.4 is 15.5 Å². The van der Waals surface area contributed by atoms with Gasteiger partial charge in [0.25, 0.3) is 0 Å². The van der Waals surface area contributed by atoms with Crippen molar-refractivity contribution in [3.8, 4) is 11.1 Å². The highest BCUT2D eigenvalue weighted by atomic mass is 16.4. The quantitative estimate of drug-likeness (QED) is 0.305. The molecule has 1 aromatic heterocycles. The number of benzene rings is 3. The van der Waals surface area contributed by atoms with Crippen LogP contribution >= 0.6 is 0 Å². The van der Waals surface area contributed by atoms with Crippen LogP contribution in [-0.4, -0.2) is 36.2 Å². The van der Waals surface area contributed by atoms with Crippen LogP contribution in [0.1, 0.15) is 39.0 Å². The molecular weight excluding hydrogens is 472 g/mol. The summed E-state index contributed by atoms with van der Waals surface area (Å²) >= 11 is 0. The Kier molecular flexibility index (Phi) is 7.70. The Balaban J connectivity index is 0.000000226. The Morgan fingerprint density at radius 2 is 1.87 bits per heavy atom. The fourth-order valence-corrected chi connectivity index (χ4v) is 5.37. The molecule has 194 valence electrons. The highest BCUT2D eigenvalue weighted by Gasteiger charge is 2.18. The fourth-order valence-electron chi connectivity index (χ4n) is 5.37. The molecule has 4 aromatic rings. The summed E-state index contributed by atoms with van der Waals surface area (Å²) in [5.74, 6) is -0.947. The summed E-state index contributed by atoms with van der Waals surface area (Å²) in [6, 6.07) is 24.2. The van der Waals surface area contributed by atoms with Crippen LogP contribution in [0.3, 0.4) is 0 Å². The van der Waals surface area contributed by atoms with Crippen LogP contribution in [0.5, 0.6) is 0 Å². The number of carboxylic acids is 1. The van der Waals surface area contributed by atoms with E-state index in [1.807, 2.05) is 0 Å². The van der Waals surface area contributed by atoms with Crippen LogP contribution in [0, 0.1) is 6.92 Å². The van der Waals surface area contributed by atoms with Crippen LogP contribution in [0.2, 0.25) is 0 Å². The Morgan fingerprint density at radius 1 is 1.00 bits per heavy atom. The highest BCUT2D eigenvalue weighted by molar-refractivity contribution is 5.93. The molecule has 0 atom stereocenters. The van der Waals surface area contributed by atoms with Crippen molar-refractivity contribution in [1.82, 2.24) is 10.3 Å². The monoisotopic (exact) mass is 506 g/mol. The number of nitrogens with one attached hydrogen (secondary N) is 2. The summed E-state index contributed by atoms with van der Waals surface area (Å²) in [7, 11) is 1.66. The molecule has 2 aliphatic heterocycles. The second-order valence-corrected chi connectivity index (χ2v) is 9.77. The Hall–Kier alpha value is -4.16. The van der Waals surface area contributed by atoms with E-state index in [1.54, 1.807) is 7.05 Å². The third kappa shape index (κ3) is 5.41. The fraction of sp³-hybridized carbons (Fsp3) is 0.250. The molecule has 0 unspecified atom stereocenters. The minimum Gasteiger partial charge on any atom is -0.478 e. The number of fused-ring (bicyclic) bond motifs is 2. The van der Waals surface area contributed by atoms with Crippen LogP contribution in [0.15, 0.2) is 79.1 Å². The normalized spacial score (nSPS) is 14.0. The maximum Gasteiger partial charge on any atom is 0.337 e. The first-order valence-corrected chi connectivity index (χ1v) is 13.2. The number of anilines is 3. The number of nitrogens with zero attached hydrogens (tertiary/aromatic N) is 2. The van der Waals surface area contributed by atoms with Crippen molar-refractivity contribution in [3.05, 3.63) is 107 Å². The molecule has 6 nitrogen and oxygen atoms in total. The van der Waals surface area contributed by atoms with E-state index >= 15 is 0 Å². The van der Waals surface area contributed by atoms with Crippen molar-refractivity contribution in [1.29, 1.82) is 0 Å². The molecule has 0 radical (unpaired) electrons. The average molecular weight is 507 g/mol. The third-order valence-corrected chi connectivity index (χ3v) is 7.36. The molecule has 6 rings (SSSR count). The van der Waals surface area contributed by atoms with E-state index in [-0.39, 0.29) is 5.56 Å². The standard InChI is InChI=1S/C25H26N2.C7H8N2O2/c1-18-15-23(27-14-4-6-19-5-2-3-7-25(19)27)10-11-24(18)21-8-9-22-17-26-13-12-20(22)16-21;1-8-6-4-9-3-2-5(6)7(10)11/h2-3,5,7-11,15-16,26H,4,6,12-14,17H2,1H3;2-4,8H,1H3,(H,10,11). The molecule has 38 heavy (non-hydrogen) atoms. The lowest BCUT2D eigenvalue weighted by molar-refractivity contribution is 0.0698. The first-order chi connectivity index (χ1) is 18.5. The Bertz CT molecular complexity index is 1450. The molecule has 3 aromatic carbocycles. The average Bonchev–Trinajstić information content (AvgIpc) is 2.97. The lowest BCUT2D eigenvalue weighted by Crippen LogP contribution is -2.24. The predicted octanol–water partition coefficient (Wildman–Crippen LogP) is 6.21. The van der Waals surface area contributed by atoms with E-state index in [0.29, 0.717) is 5.69 Å². The smallest absolute Gasteiger partial charge is 0.337 e. The van der Waals surface area contributed by atoms with Crippen LogP contribution in [0.25, 0.3) is 11.1 Å². The van der Waals surface area contributed by atoms with Crippen molar-refractivity contribution >= 4 is 23.0 Å². The van der Waals surface area contributed by atoms with E-state index < -0.39 is 5.97 Å². The maximum atomic E-state index is 10.5. The van der Waals surface area contributed by atoms with Gasteiger partial charge in [-0.05, 0) is 90.4 Å². The highest BCUT2D eigenvalue weighted by Crippen LogP contribution is 2.36. The van der Waals surface area contributed by atoms with Crippen molar-refractivity contribution in [3.63, 3.8) is 0 Å². The summed E-state index contributed by atoms with van der Waals surface area (Å²) in [6.07, 6.45) is 6.46. The number of pyridine rings is 1. The molecule has 6 heteroatoms. The second-order valence-electron chi connectivity index (χ2n) is 9.77. The summed E-state index contributed by atoms with van der Waals surface area (Å²) in [5, 5.41) is 14.8. The molecule has 0 saturated carbocycles. The van der Waals surface area contributed by atoms with Gasteiger partial charge in [0.1, 0.15) is 0 Å². The summed E-state index contributed by atoms with van der Waals surface area (Å²) in [5.41, 5.74) is 11.9. The van der Waals surface area contributed by atoms with E-state index in [9.17, 15) is 4.79 Å². The second kappa shape index (κ2) is 11.5. The molecule has 0 aliphatic carbocycles. The van der Waals surface area contributed by atoms with Crippen LogP contribution in [-0.2, 0) is 19.4 Å².